The van der Waals surface area contributed by atoms with Gasteiger partial charge in [0, 0.05) is 29.8 Å². The summed E-state index contributed by atoms with van der Waals surface area (Å²) in [6, 6.07) is 4.63. The van der Waals surface area contributed by atoms with Crippen molar-refractivity contribution >= 4 is 11.9 Å². The van der Waals surface area contributed by atoms with Crippen LogP contribution in [0.25, 0.3) is 0 Å². The highest BCUT2D eigenvalue weighted by atomic mass is 19.1. The number of ether oxygens (including phenoxy) is 3. The predicted octanol–water partition coefficient (Wildman–Crippen LogP) is 3.43. The molecule has 0 spiro atoms. The molecule has 1 aromatic heterocycles. The summed E-state index contributed by atoms with van der Waals surface area (Å²) in [7, 11) is 2.80. The Morgan fingerprint density at radius 3 is 2.31 bits per heavy atom. The van der Waals surface area contributed by atoms with E-state index in [1.807, 2.05) is 13.8 Å². The fraction of sp³-hybridized carbons (Fsp3) is 0.435. The number of halogens is 1. The van der Waals surface area contributed by atoms with Gasteiger partial charge in [-0.1, -0.05) is 19.9 Å². The number of carbonyl (C=O) groups excluding carboxylic acids is 2. The lowest BCUT2D eigenvalue weighted by molar-refractivity contribution is -0.151. The first-order chi connectivity index (χ1) is 15.1. The lowest BCUT2D eigenvalue weighted by Crippen LogP contribution is -2.42. The summed E-state index contributed by atoms with van der Waals surface area (Å²) in [5, 5.41) is 12.5. The van der Waals surface area contributed by atoms with Crippen molar-refractivity contribution in [1.82, 2.24) is 10.3 Å². The molecule has 0 fully saturated rings. The van der Waals surface area contributed by atoms with E-state index in [1.165, 1.54) is 45.5 Å². The van der Waals surface area contributed by atoms with E-state index in [-0.39, 0.29) is 23.3 Å². The van der Waals surface area contributed by atoms with Gasteiger partial charge in [-0.15, -0.1) is 0 Å². The van der Waals surface area contributed by atoms with E-state index in [0.717, 1.165) is 0 Å². The van der Waals surface area contributed by atoms with Gasteiger partial charge in [-0.25, -0.2) is 14.2 Å². The van der Waals surface area contributed by atoms with Gasteiger partial charge in [-0.2, -0.15) is 0 Å². The number of nitrogens with one attached hydrogen (secondary N) is 1. The third-order valence-corrected chi connectivity index (χ3v) is 5.10. The minimum atomic E-state index is -1.01. The molecule has 0 saturated carbocycles. The van der Waals surface area contributed by atoms with E-state index in [1.54, 1.807) is 13.0 Å². The second-order valence-corrected chi connectivity index (χ2v) is 7.70. The van der Waals surface area contributed by atoms with E-state index in [4.69, 9.17) is 14.2 Å². The number of nitrogens with zero attached hydrogens (tertiary/aromatic N) is 1. The van der Waals surface area contributed by atoms with Crippen molar-refractivity contribution in [2.45, 2.75) is 45.8 Å². The van der Waals surface area contributed by atoms with Gasteiger partial charge in [0.05, 0.1) is 14.2 Å². The van der Waals surface area contributed by atoms with Gasteiger partial charge >= 0.3 is 5.97 Å². The van der Waals surface area contributed by atoms with Crippen LogP contribution in [-0.4, -0.2) is 48.3 Å². The smallest absolute Gasteiger partial charge is 0.328 e. The molecule has 1 aromatic carbocycles. The number of esters is 1. The molecule has 174 valence electrons. The molecule has 2 rings (SSSR count). The molecule has 0 bridgehead atoms. The topological polar surface area (TPSA) is 107 Å². The average Bonchev–Trinajstić information content (AvgIpc) is 2.74. The lowest BCUT2D eigenvalue weighted by Gasteiger charge is -2.30. The van der Waals surface area contributed by atoms with Gasteiger partial charge in [-0.05, 0) is 25.8 Å². The highest BCUT2D eigenvalue weighted by Gasteiger charge is 2.31. The number of benzene rings is 1. The molecule has 0 saturated heterocycles. The fourth-order valence-electron chi connectivity index (χ4n) is 3.56. The van der Waals surface area contributed by atoms with E-state index >= 15 is 0 Å². The zero-order chi connectivity index (χ0) is 24.0. The summed E-state index contributed by atoms with van der Waals surface area (Å²) in [4.78, 5) is 29.0. The Balaban J connectivity index is 2.13. The number of aromatic hydroxyl groups is 1. The number of aromatic nitrogens is 1. The largest absolute Gasteiger partial charge is 0.503 e. The van der Waals surface area contributed by atoms with Crippen molar-refractivity contribution in [2.75, 3.05) is 14.2 Å². The fourth-order valence-corrected chi connectivity index (χ4v) is 3.56. The Kier molecular flexibility index (Phi) is 8.40. The van der Waals surface area contributed by atoms with Crippen molar-refractivity contribution in [3.05, 3.63) is 47.5 Å². The van der Waals surface area contributed by atoms with Crippen LogP contribution < -0.4 is 14.8 Å². The lowest BCUT2D eigenvalue weighted by atomic mass is 9.84. The van der Waals surface area contributed by atoms with Gasteiger partial charge in [0.2, 0.25) is 0 Å². The maximum Gasteiger partial charge on any atom is 0.328 e. The maximum atomic E-state index is 13.6. The summed E-state index contributed by atoms with van der Waals surface area (Å²) in [5.41, 5.74) is 0.444. The molecule has 8 nitrogen and oxygen atoms in total. The van der Waals surface area contributed by atoms with Crippen molar-refractivity contribution in [2.24, 2.45) is 5.92 Å². The maximum absolute atomic E-state index is 13.6. The zero-order valence-corrected chi connectivity index (χ0v) is 19.0. The number of methoxy groups -OCH3 is 2. The van der Waals surface area contributed by atoms with Crippen LogP contribution in [0.3, 0.4) is 0 Å². The van der Waals surface area contributed by atoms with Gasteiger partial charge in [-0.3, -0.25) is 4.79 Å². The van der Waals surface area contributed by atoms with Crippen LogP contribution >= 0.6 is 0 Å². The molecule has 2 aromatic rings. The van der Waals surface area contributed by atoms with E-state index in [0.29, 0.717) is 11.3 Å². The first-order valence-electron chi connectivity index (χ1n) is 10.2. The molecule has 3 atom stereocenters. The molecular formula is C23H29FN2O6. The third-order valence-electron chi connectivity index (χ3n) is 5.10. The van der Waals surface area contributed by atoms with Crippen molar-refractivity contribution in [3.8, 4) is 17.2 Å². The summed E-state index contributed by atoms with van der Waals surface area (Å²) in [6.07, 6.45) is 0.714. The van der Waals surface area contributed by atoms with E-state index in [9.17, 15) is 19.1 Å². The quantitative estimate of drug-likeness (QED) is 0.566. The second-order valence-electron chi connectivity index (χ2n) is 7.70. The summed E-state index contributed by atoms with van der Waals surface area (Å²) < 4.78 is 29.5. The Morgan fingerprint density at radius 2 is 1.72 bits per heavy atom. The predicted molar refractivity (Wildman–Crippen MR) is 115 cm³/mol. The van der Waals surface area contributed by atoms with Crippen LogP contribution in [0.1, 0.15) is 49.7 Å². The van der Waals surface area contributed by atoms with Gasteiger partial charge in [0.1, 0.15) is 23.7 Å². The molecule has 0 aliphatic carbocycles. The summed E-state index contributed by atoms with van der Waals surface area (Å²) in [6.45, 7) is 7.11. The molecule has 0 radical (unpaired) electrons. The van der Waals surface area contributed by atoms with Crippen molar-refractivity contribution < 1.29 is 33.3 Å². The summed E-state index contributed by atoms with van der Waals surface area (Å²) >= 11 is 0. The average molecular weight is 448 g/mol. The molecule has 0 aliphatic rings. The van der Waals surface area contributed by atoms with Crippen LogP contribution in [0, 0.1) is 11.7 Å². The molecule has 0 aliphatic heterocycles. The number of carbonyl (C=O) groups is 2. The van der Waals surface area contributed by atoms with Crippen LogP contribution in [0.2, 0.25) is 0 Å². The van der Waals surface area contributed by atoms with Gasteiger partial charge in [0.25, 0.3) is 5.91 Å². The van der Waals surface area contributed by atoms with Gasteiger partial charge < -0.3 is 24.6 Å². The molecule has 1 heterocycles. The summed E-state index contributed by atoms with van der Waals surface area (Å²) in [5.74, 6) is -2.05. The van der Waals surface area contributed by atoms with Gasteiger partial charge in [0.15, 0.2) is 17.2 Å². The molecule has 0 unspecified atom stereocenters. The Hall–Kier alpha value is -3.36. The normalized spacial score (nSPS) is 13.8. The number of hydrogen-bond acceptors (Lipinski definition) is 7. The number of pyridine rings is 1. The molecule has 9 heteroatoms. The first-order valence-corrected chi connectivity index (χ1v) is 10.2. The zero-order valence-electron chi connectivity index (χ0n) is 19.0. The number of rotatable bonds is 9. The second kappa shape index (κ2) is 10.8. The highest BCUT2D eigenvalue weighted by molar-refractivity contribution is 5.97. The highest BCUT2D eigenvalue weighted by Crippen LogP contribution is 2.36. The Morgan fingerprint density at radius 1 is 1.06 bits per heavy atom. The third kappa shape index (κ3) is 5.66. The molecule has 32 heavy (non-hydrogen) atoms. The molecular weight excluding hydrogens is 419 g/mol. The minimum absolute atomic E-state index is 0.0417. The standard InChI is InChI=1S/C23H29FN2O6/c1-12(2)19(16-8-7-15(24)11-18(16)31-6)14(4)32-23(29)13(3)26-22(28)20-21(27)17(30-5)9-10-25-20/h7-14,19,27H,1-6H3,(H,26,28)/t13-,14-,19+/m0/s1. The molecule has 2 N–H and O–H groups in total. The van der Waals surface area contributed by atoms with E-state index < -0.39 is 35.6 Å². The Labute approximate surface area is 186 Å². The van der Waals surface area contributed by atoms with Crippen LogP contribution in [0.5, 0.6) is 17.2 Å². The monoisotopic (exact) mass is 448 g/mol. The van der Waals surface area contributed by atoms with Crippen molar-refractivity contribution in [3.63, 3.8) is 0 Å². The number of amides is 1. The molecule has 1 amide bonds. The Bertz CT molecular complexity index is 965. The van der Waals surface area contributed by atoms with Crippen LogP contribution in [0.15, 0.2) is 30.5 Å². The first kappa shape index (κ1) is 24.9. The minimum Gasteiger partial charge on any atom is -0.503 e. The van der Waals surface area contributed by atoms with Crippen molar-refractivity contribution in [1.29, 1.82) is 0 Å². The number of hydrogen-bond donors (Lipinski definition) is 2. The van der Waals surface area contributed by atoms with Crippen LogP contribution in [0.4, 0.5) is 4.39 Å². The van der Waals surface area contributed by atoms with E-state index in [2.05, 4.69) is 10.3 Å². The SMILES string of the molecule is COc1cc(F)ccc1[C@H](C(C)C)[C@H](C)OC(=O)[C@H](C)NC(=O)c1nccc(OC)c1O. The van der Waals surface area contributed by atoms with Crippen LogP contribution in [-0.2, 0) is 9.53 Å².